The standard InChI is InChI=1S/C12H19F3N2O3/c1-2-3-20-9-5-7(11(18)19)4-8(16)10(9)17-6-12(13,14)15/h5,8-10,17H,2-4,6,16H2,1H3,(H,18,19)/t8-,9+,10+/m0/s1. The monoisotopic (exact) mass is 296 g/mol. The second kappa shape index (κ2) is 7.05. The fourth-order valence-electron chi connectivity index (χ4n) is 2.06. The van der Waals surface area contributed by atoms with E-state index in [4.69, 9.17) is 15.6 Å². The summed E-state index contributed by atoms with van der Waals surface area (Å²) in [4.78, 5) is 11.0. The number of alkyl halides is 3. The third kappa shape index (κ3) is 5.10. The topological polar surface area (TPSA) is 84.6 Å². The van der Waals surface area contributed by atoms with Gasteiger partial charge in [-0.05, 0) is 18.9 Å². The first-order valence-corrected chi connectivity index (χ1v) is 6.36. The van der Waals surface area contributed by atoms with E-state index in [0.717, 1.165) is 0 Å². The number of hydrogen-bond acceptors (Lipinski definition) is 4. The highest BCUT2D eigenvalue weighted by Gasteiger charge is 2.36. The van der Waals surface area contributed by atoms with Crippen LogP contribution in [0.3, 0.4) is 0 Å². The van der Waals surface area contributed by atoms with Crippen LogP contribution >= 0.6 is 0 Å². The molecule has 0 fully saturated rings. The van der Waals surface area contributed by atoms with Crippen LogP contribution in [0, 0.1) is 0 Å². The summed E-state index contributed by atoms with van der Waals surface area (Å²) in [5, 5.41) is 11.3. The molecule has 8 heteroatoms. The van der Waals surface area contributed by atoms with E-state index in [1.165, 1.54) is 6.08 Å². The Bertz CT molecular complexity index is 371. The molecule has 0 saturated carbocycles. The van der Waals surface area contributed by atoms with Gasteiger partial charge < -0.3 is 20.9 Å². The molecular formula is C12H19F3N2O3. The molecule has 0 unspecified atom stereocenters. The molecule has 1 aliphatic carbocycles. The number of rotatable bonds is 6. The van der Waals surface area contributed by atoms with Crippen LogP contribution in [0.25, 0.3) is 0 Å². The highest BCUT2D eigenvalue weighted by molar-refractivity contribution is 5.87. The summed E-state index contributed by atoms with van der Waals surface area (Å²) >= 11 is 0. The van der Waals surface area contributed by atoms with Crippen molar-refractivity contribution in [3.8, 4) is 0 Å². The van der Waals surface area contributed by atoms with Crippen molar-refractivity contribution in [3.63, 3.8) is 0 Å². The van der Waals surface area contributed by atoms with Crippen molar-refractivity contribution < 1.29 is 27.8 Å². The summed E-state index contributed by atoms with van der Waals surface area (Å²) in [5.74, 6) is -1.13. The van der Waals surface area contributed by atoms with Crippen LogP contribution < -0.4 is 11.1 Å². The first kappa shape index (κ1) is 16.9. The van der Waals surface area contributed by atoms with Crippen molar-refractivity contribution in [2.75, 3.05) is 13.2 Å². The van der Waals surface area contributed by atoms with Gasteiger partial charge in [-0.25, -0.2) is 4.79 Å². The molecule has 0 saturated heterocycles. The third-order valence-corrected chi connectivity index (χ3v) is 2.96. The Morgan fingerprint density at radius 2 is 2.25 bits per heavy atom. The van der Waals surface area contributed by atoms with E-state index >= 15 is 0 Å². The van der Waals surface area contributed by atoms with Gasteiger partial charge in [-0.15, -0.1) is 0 Å². The number of hydrogen-bond donors (Lipinski definition) is 3. The fraction of sp³-hybridized carbons (Fsp3) is 0.750. The molecule has 0 radical (unpaired) electrons. The molecule has 1 rings (SSSR count). The molecule has 0 aliphatic heterocycles. The van der Waals surface area contributed by atoms with Gasteiger partial charge in [0.2, 0.25) is 0 Å². The summed E-state index contributed by atoms with van der Waals surface area (Å²) in [6, 6.07) is -1.50. The maximum absolute atomic E-state index is 12.3. The molecule has 20 heavy (non-hydrogen) atoms. The quantitative estimate of drug-likeness (QED) is 0.682. The third-order valence-electron chi connectivity index (χ3n) is 2.96. The van der Waals surface area contributed by atoms with Gasteiger partial charge in [0.15, 0.2) is 0 Å². The number of nitrogens with one attached hydrogen (secondary N) is 1. The summed E-state index contributed by atoms with van der Waals surface area (Å²) in [7, 11) is 0. The highest BCUT2D eigenvalue weighted by atomic mass is 19.4. The van der Waals surface area contributed by atoms with Crippen LogP contribution in [-0.2, 0) is 9.53 Å². The van der Waals surface area contributed by atoms with Crippen LogP contribution in [-0.4, -0.2) is 48.6 Å². The van der Waals surface area contributed by atoms with Gasteiger partial charge in [0.1, 0.15) is 0 Å². The predicted molar refractivity (Wildman–Crippen MR) is 66.2 cm³/mol. The van der Waals surface area contributed by atoms with Crippen LogP contribution in [0.5, 0.6) is 0 Å². The van der Waals surface area contributed by atoms with Crippen LogP contribution in [0.1, 0.15) is 19.8 Å². The van der Waals surface area contributed by atoms with E-state index in [1.807, 2.05) is 6.92 Å². The Kier molecular flexibility index (Phi) is 5.97. The van der Waals surface area contributed by atoms with Crippen molar-refractivity contribution in [2.24, 2.45) is 5.73 Å². The maximum Gasteiger partial charge on any atom is 0.401 e. The van der Waals surface area contributed by atoms with Crippen LogP contribution in [0.2, 0.25) is 0 Å². The van der Waals surface area contributed by atoms with Gasteiger partial charge in [0.05, 0.1) is 18.7 Å². The molecule has 0 aromatic heterocycles. The van der Waals surface area contributed by atoms with Crippen LogP contribution in [0.4, 0.5) is 13.2 Å². The molecule has 0 heterocycles. The number of aliphatic carboxylic acids is 1. The van der Waals surface area contributed by atoms with E-state index in [9.17, 15) is 18.0 Å². The average molecular weight is 296 g/mol. The molecule has 0 amide bonds. The van der Waals surface area contributed by atoms with Crippen molar-refractivity contribution in [3.05, 3.63) is 11.6 Å². The normalized spacial score (nSPS) is 27.2. The Hall–Kier alpha value is -1.12. The molecule has 4 N–H and O–H groups in total. The summed E-state index contributed by atoms with van der Waals surface area (Å²) in [5.41, 5.74) is 5.86. The second-order valence-corrected chi connectivity index (χ2v) is 4.72. The molecule has 5 nitrogen and oxygen atoms in total. The molecule has 0 bridgehead atoms. The number of ether oxygens (including phenoxy) is 1. The van der Waals surface area contributed by atoms with Crippen molar-refractivity contribution in [1.82, 2.24) is 5.32 Å². The lowest BCUT2D eigenvalue weighted by Gasteiger charge is -2.35. The first-order chi connectivity index (χ1) is 9.24. The van der Waals surface area contributed by atoms with Gasteiger partial charge in [-0.2, -0.15) is 13.2 Å². The smallest absolute Gasteiger partial charge is 0.401 e. The van der Waals surface area contributed by atoms with E-state index in [2.05, 4.69) is 5.32 Å². The van der Waals surface area contributed by atoms with Gasteiger partial charge in [-0.1, -0.05) is 6.92 Å². The zero-order valence-electron chi connectivity index (χ0n) is 11.1. The lowest BCUT2D eigenvalue weighted by Crippen LogP contribution is -2.57. The van der Waals surface area contributed by atoms with Gasteiger partial charge in [-0.3, -0.25) is 0 Å². The molecule has 116 valence electrons. The van der Waals surface area contributed by atoms with Gasteiger partial charge in [0.25, 0.3) is 0 Å². The molecule has 0 spiro atoms. The lowest BCUT2D eigenvalue weighted by atomic mass is 9.88. The minimum Gasteiger partial charge on any atom is -0.478 e. The molecule has 3 atom stereocenters. The Balaban J connectivity index is 2.80. The highest BCUT2D eigenvalue weighted by Crippen LogP contribution is 2.22. The predicted octanol–water partition coefficient (Wildman–Crippen LogP) is 1.04. The number of nitrogens with two attached hydrogens (primary N) is 1. The maximum atomic E-state index is 12.3. The summed E-state index contributed by atoms with van der Waals surface area (Å²) in [6.07, 6.45) is -3.10. The Morgan fingerprint density at radius 3 is 2.75 bits per heavy atom. The summed E-state index contributed by atoms with van der Waals surface area (Å²) < 4.78 is 42.2. The average Bonchev–Trinajstić information content (AvgIpc) is 2.33. The SMILES string of the molecule is CCCO[C@@H]1C=C(C(=O)O)C[C@H](N)[C@H]1NCC(F)(F)F. The summed E-state index contributed by atoms with van der Waals surface area (Å²) in [6.45, 7) is 0.987. The van der Waals surface area contributed by atoms with Gasteiger partial charge in [0, 0.05) is 18.2 Å². The first-order valence-electron chi connectivity index (χ1n) is 6.36. The number of carboxylic acids is 1. The molecule has 0 aromatic carbocycles. The zero-order chi connectivity index (χ0) is 15.3. The Labute approximate surface area is 115 Å². The molecule has 0 aromatic rings. The minimum absolute atomic E-state index is 0.0108. The second-order valence-electron chi connectivity index (χ2n) is 4.72. The largest absolute Gasteiger partial charge is 0.478 e. The fourth-order valence-corrected chi connectivity index (χ4v) is 2.06. The Morgan fingerprint density at radius 1 is 1.60 bits per heavy atom. The van der Waals surface area contributed by atoms with Crippen molar-refractivity contribution in [1.29, 1.82) is 0 Å². The van der Waals surface area contributed by atoms with E-state index in [-0.39, 0.29) is 12.0 Å². The number of halogens is 3. The number of carboxylic acid groups (broad SMARTS) is 1. The lowest BCUT2D eigenvalue weighted by molar-refractivity contribution is -0.134. The van der Waals surface area contributed by atoms with Crippen molar-refractivity contribution in [2.45, 2.75) is 44.1 Å². The molecule has 1 aliphatic rings. The minimum atomic E-state index is -4.36. The van der Waals surface area contributed by atoms with E-state index in [0.29, 0.717) is 13.0 Å². The van der Waals surface area contributed by atoms with Crippen molar-refractivity contribution >= 4 is 5.97 Å². The van der Waals surface area contributed by atoms with Gasteiger partial charge >= 0.3 is 12.1 Å². The number of carbonyl (C=O) groups is 1. The zero-order valence-corrected chi connectivity index (χ0v) is 11.1. The van der Waals surface area contributed by atoms with Crippen LogP contribution in [0.15, 0.2) is 11.6 Å². The van der Waals surface area contributed by atoms with E-state index < -0.39 is 36.9 Å². The van der Waals surface area contributed by atoms with E-state index in [1.54, 1.807) is 0 Å². The molecular weight excluding hydrogens is 277 g/mol.